The van der Waals surface area contributed by atoms with E-state index in [0.29, 0.717) is 5.92 Å². The fourth-order valence-corrected chi connectivity index (χ4v) is 1.66. The molecule has 0 aliphatic carbocycles. The highest BCUT2D eigenvalue weighted by atomic mass is 15.4. The van der Waals surface area contributed by atoms with Gasteiger partial charge in [-0.1, -0.05) is 5.21 Å². The molecule has 2 heterocycles. The van der Waals surface area contributed by atoms with E-state index in [9.17, 15) is 0 Å². The first-order valence-corrected chi connectivity index (χ1v) is 4.43. The lowest BCUT2D eigenvalue weighted by Gasteiger charge is -2.20. The van der Waals surface area contributed by atoms with E-state index >= 15 is 0 Å². The van der Waals surface area contributed by atoms with Gasteiger partial charge in [-0.3, -0.25) is 4.68 Å². The largest absolute Gasteiger partial charge is 0.316 e. The van der Waals surface area contributed by atoms with Gasteiger partial charge in [0.05, 0.1) is 5.69 Å². The zero-order chi connectivity index (χ0) is 8.39. The molecule has 0 amide bonds. The molecule has 1 saturated heterocycles. The molecule has 0 spiro atoms. The van der Waals surface area contributed by atoms with Crippen molar-refractivity contribution in [3.63, 3.8) is 0 Å². The minimum absolute atomic E-state index is 0.576. The molecule has 12 heavy (non-hydrogen) atoms. The Morgan fingerprint density at radius 3 is 3.17 bits per heavy atom. The highest BCUT2D eigenvalue weighted by Gasteiger charge is 2.17. The molecule has 1 aromatic heterocycles. The van der Waals surface area contributed by atoms with Crippen molar-refractivity contribution in [2.45, 2.75) is 18.8 Å². The third kappa shape index (κ3) is 1.48. The molecule has 0 aromatic carbocycles. The summed E-state index contributed by atoms with van der Waals surface area (Å²) in [6.07, 6.45) is 4.50. The van der Waals surface area contributed by atoms with Crippen LogP contribution in [0.5, 0.6) is 0 Å². The van der Waals surface area contributed by atoms with Crippen LogP contribution in [0.4, 0.5) is 0 Å². The zero-order valence-electron chi connectivity index (χ0n) is 7.32. The summed E-state index contributed by atoms with van der Waals surface area (Å²) >= 11 is 0. The van der Waals surface area contributed by atoms with Gasteiger partial charge >= 0.3 is 0 Å². The van der Waals surface area contributed by atoms with Crippen LogP contribution in [0.15, 0.2) is 6.20 Å². The van der Waals surface area contributed by atoms with E-state index in [1.54, 1.807) is 4.68 Å². The Hall–Kier alpha value is -0.900. The van der Waals surface area contributed by atoms with Crippen molar-refractivity contribution in [3.8, 4) is 0 Å². The summed E-state index contributed by atoms with van der Waals surface area (Å²) in [6, 6.07) is 0. The van der Waals surface area contributed by atoms with Crippen molar-refractivity contribution < 1.29 is 0 Å². The average Bonchev–Trinajstić information content (AvgIpc) is 2.54. The van der Waals surface area contributed by atoms with Crippen LogP contribution in [0.1, 0.15) is 24.5 Å². The van der Waals surface area contributed by atoms with Gasteiger partial charge in [0.2, 0.25) is 0 Å². The summed E-state index contributed by atoms with van der Waals surface area (Å²) < 4.78 is 1.77. The van der Waals surface area contributed by atoms with Gasteiger partial charge in [-0.05, 0) is 19.4 Å². The molecule has 1 fully saturated rings. The van der Waals surface area contributed by atoms with Crippen LogP contribution in [-0.4, -0.2) is 28.1 Å². The number of hydrogen-bond donors (Lipinski definition) is 1. The van der Waals surface area contributed by atoms with Gasteiger partial charge in [-0.25, -0.2) is 0 Å². The lowest BCUT2D eigenvalue weighted by molar-refractivity contribution is 0.454. The fourth-order valence-electron chi connectivity index (χ4n) is 1.66. The number of hydrogen-bond acceptors (Lipinski definition) is 3. The van der Waals surface area contributed by atoms with Crippen LogP contribution < -0.4 is 5.32 Å². The highest BCUT2D eigenvalue weighted by molar-refractivity contribution is 5.03. The third-order valence-electron chi connectivity index (χ3n) is 2.34. The van der Waals surface area contributed by atoms with E-state index in [0.717, 1.165) is 18.8 Å². The van der Waals surface area contributed by atoms with Crippen molar-refractivity contribution in [2.75, 3.05) is 13.1 Å². The molecular weight excluding hydrogens is 152 g/mol. The summed E-state index contributed by atoms with van der Waals surface area (Å²) in [6.45, 7) is 2.20. The van der Waals surface area contributed by atoms with E-state index in [4.69, 9.17) is 0 Å². The van der Waals surface area contributed by atoms with Crippen molar-refractivity contribution in [1.29, 1.82) is 0 Å². The molecule has 0 bridgehead atoms. The molecule has 4 heteroatoms. The van der Waals surface area contributed by atoms with Crippen LogP contribution in [0.2, 0.25) is 0 Å². The standard InChI is InChI=1S/C8H14N4/c1-12-6-8(10-11-12)7-3-2-4-9-5-7/h6-7,9H,2-5H2,1H3. The number of nitrogens with one attached hydrogen (secondary N) is 1. The Bertz CT molecular complexity index is 249. The highest BCUT2D eigenvalue weighted by Crippen LogP contribution is 2.20. The van der Waals surface area contributed by atoms with Crippen molar-refractivity contribution in [2.24, 2.45) is 7.05 Å². The Balaban J connectivity index is 2.08. The third-order valence-corrected chi connectivity index (χ3v) is 2.34. The van der Waals surface area contributed by atoms with E-state index in [1.165, 1.54) is 12.8 Å². The van der Waals surface area contributed by atoms with Crippen LogP contribution >= 0.6 is 0 Å². The number of aromatic nitrogens is 3. The summed E-state index contributed by atoms with van der Waals surface area (Å²) in [5.74, 6) is 0.576. The first-order valence-electron chi connectivity index (χ1n) is 4.43. The Morgan fingerprint density at radius 1 is 1.67 bits per heavy atom. The summed E-state index contributed by atoms with van der Waals surface area (Å²) in [5.41, 5.74) is 1.13. The quantitative estimate of drug-likeness (QED) is 0.651. The lowest BCUT2D eigenvalue weighted by atomic mass is 9.97. The molecule has 1 aromatic rings. The van der Waals surface area contributed by atoms with Crippen LogP contribution in [0.25, 0.3) is 0 Å². The minimum Gasteiger partial charge on any atom is -0.316 e. The molecule has 66 valence electrons. The van der Waals surface area contributed by atoms with Crippen molar-refractivity contribution >= 4 is 0 Å². The maximum atomic E-state index is 4.11. The summed E-state index contributed by atoms with van der Waals surface area (Å²) in [4.78, 5) is 0. The van der Waals surface area contributed by atoms with Gasteiger partial charge in [0.15, 0.2) is 0 Å². The second-order valence-corrected chi connectivity index (χ2v) is 3.36. The van der Waals surface area contributed by atoms with Crippen LogP contribution in [-0.2, 0) is 7.05 Å². The van der Waals surface area contributed by atoms with Gasteiger partial charge in [-0.2, -0.15) is 0 Å². The maximum Gasteiger partial charge on any atom is 0.0870 e. The molecule has 0 radical (unpaired) electrons. The molecule has 1 atom stereocenters. The average molecular weight is 166 g/mol. The summed E-state index contributed by atoms with van der Waals surface area (Å²) in [5, 5.41) is 11.4. The van der Waals surface area contributed by atoms with E-state index < -0.39 is 0 Å². The van der Waals surface area contributed by atoms with Gasteiger partial charge in [0.1, 0.15) is 0 Å². The predicted octanol–water partition coefficient (Wildman–Crippen LogP) is 0.282. The molecule has 1 aliphatic rings. The maximum absolute atomic E-state index is 4.11. The monoisotopic (exact) mass is 166 g/mol. The van der Waals surface area contributed by atoms with Gasteiger partial charge in [0, 0.05) is 25.7 Å². The van der Waals surface area contributed by atoms with Crippen LogP contribution in [0, 0.1) is 0 Å². The lowest BCUT2D eigenvalue weighted by Crippen LogP contribution is -2.28. The molecule has 1 unspecified atom stereocenters. The second-order valence-electron chi connectivity index (χ2n) is 3.36. The van der Waals surface area contributed by atoms with Gasteiger partial charge < -0.3 is 5.32 Å². The zero-order valence-corrected chi connectivity index (χ0v) is 7.32. The number of rotatable bonds is 1. The van der Waals surface area contributed by atoms with Gasteiger partial charge in [-0.15, -0.1) is 5.10 Å². The number of nitrogens with zero attached hydrogens (tertiary/aromatic N) is 3. The number of piperidine rings is 1. The first kappa shape index (κ1) is 7.73. The smallest absolute Gasteiger partial charge is 0.0870 e. The predicted molar refractivity (Wildman–Crippen MR) is 45.8 cm³/mol. The fraction of sp³-hybridized carbons (Fsp3) is 0.750. The Morgan fingerprint density at radius 2 is 2.58 bits per heavy atom. The number of aryl methyl sites for hydroxylation is 1. The van der Waals surface area contributed by atoms with E-state index in [1.807, 2.05) is 13.2 Å². The van der Waals surface area contributed by atoms with E-state index in [-0.39, 0.29) is 0 Å². The van der Waals surface area contributed by atoms with Crippen molar-refractivity contribution in [3.05, 3.63) is 11.9 Å². The van der Waals surface area contributed by atoms with Crippen LogP contribution in [0.3, 0.4) is 0 Å². The Kier molecular flexibility index (Phi) is 2.08. The topological polar surface area (TPSA) is 42.7 Å². The summed E-state index contributed by atoms with van der Waals surface area (Å²) in [7, 11) is 1.91. The second kappa shape index (κ2) is 3.23. The first-order chi connectivity index (χ1) is 5.86. The SMILES string of the molecule is Cn1cc(C2CCCNC2)nn1. The van der Waals surface area contributed by atoms with E-state index in [2.05, 4.69) is 15.6 Å². The normalized spacial score (nSPS) is 24.2. The Labute approximate surface area is 72.0 Å². The van der Waals surface area contributed by atoms with Gasteiger partial charge in [0.25, 0.3) is 0 Å². The molecule has 2 rings (SSSR count). The molecule has 0 saturated carbocycles. The molecule has 1 N–H and O–H groups in total. The molecule has 4 nitrogen and oxygen atoms in total. The van der Waals surface area contributed by atoms with Crippen molar-refractivity contribution in [1.82, 2.24) is 20.3 Å². The molecular formula is C8H14N4. The molecule has 1 aliphatic heterocycles. The minimum atomic E-state index is 0.576.